The topological polar surface area (TPSA) is 37.8 Å². The Balaban J connectivity index is 1.60. The van der Waals surface area contributed by atoms with Crippen LogP contribution < -0.4 is 9.47 Å². The van der Waals surface area contributed by atoms with Gasteiger partial charge in [-0.3, -0.25) is 4.90 Å². The molecule has 0 N–H and O–H groups in total. The Morgan fingerprint density at radius 1 is 0.929 bits per heavy atom. The van der Waals surface area contributed by atoms with Crippen LogP contribution in [0.4, 0.5) is 0 Å². The Kier molecular flexibility index (Phi) is 6.45. The van der Waals surface area contributed by atoms with Gasteiger partial charge in [-0.2, -0.15) is 0 Å². The van der Waals surface area contributed by atoms with E-state index >= 15 is 0 Å². The minimum absolute atomic E-state index is 0.637. The van der Waals surface area contributed by atoms with Crippen molar-refractivity contribution in [3.8, 4) is 17.4 Å². The molecule has 28 heavy (non-hydrogen) atoms. The van der Waals surface area contributed by atoms with Crippen LogP contribution in [0.2, 0.25) is 0 Å². The fourth-order valence-electron chi connectivity index (χ4n) is 4.14. The smallest absolute Gasteiger partial charge is 0.223 e. The number of benzene rings is 1. The molecule has 0 spiro atoms. The zero-order chi connectivity index (χ0) is 19.2. The lowest BCUT2D eigenvalue weighted by Crippen LogP contribution is -2.43. The molecule has 4 rings (SSSR count). The minimum atomic E-state index is 0.637. The predicted molar refractivity (Wildman–Crippen MR) is 111 cm³/mol. The van der Waals surface area contributed by atoms with E-state index in [0.717, 1.165) is 43.2 Å². The minimum Gasteiger partial charge on any atom is -0.490 e. The first-order chi connectivity index (χ1) is 13.8. The lowest BCUT2D eigenvalue weighted by Gasteiger charge is -2.37. The summed E-state index contributed by atoms with van der Waals surface area (Å²) in [6, 6.07) is 12.7. The van der Waals surface area contributed by atoms with Crippen LogP contribution in [0.15, 0.2) is 42.6 Å². The second-order valence-corrected chi connectivity index (χ2v) is 7.93. The third kappa shape index (κ3) is 4.83. The molecular weight excluding hydrogens is 350 g/mol. The Morgan fingerprint density at radius 2 is 1.75 bits per heavy atom. The maximum Gasteiger partial charge on any atom is 0.223 e. The van der Waals surface area contributed by atoms with Crippen molar-refractivity contribution in [2.45, 2.75) is 44.7 Å². The average Bonchev–Trinajstić information content (AvgIpc) is 2.73. The van der Waals surface area contributed by atoms with Gasteiger partial charge in [0.2, 0.25) is 5.88 Å². The van der Waals surface area contributed by atoms with Crippen molar-refractivity contribution in [3.05, 3.63) is 48.2 Å². The lowest BCUT2D eigenvalue weighted by molar-refractivity contribution is 0.111. The third-order valence-electron chi connectivity index (χ3n) is 5.83. The number of nitrogens with zero attached hydrogens (tertiary/aromatic N) is 3. The van der Waals surface area contributed by atoms with Gasteiger partial charge in [0.25, 0.3) is 0 Å². The van der Waals surface area contributed by atoms with Crippen molar-refractivity contribution < 1.29 is 9.47 Å². The normalized spacial score (nSPS) is 20.5. The summed E-state index contributed by atoms with van der Waals surface area (Å²) in [4.78, 5) is 9.64. The van der Waals surface area contributed by atoms with Crippen molar-refractivity contribution in [1.29, 1.82) is 0 Å². The summed E-state index contributed by atoms with van der Waals surface area (Å²) >= 11 is 0. The summed E-state index contributed by atoms with van der Waals surface area (Å²) in [5, 5.41) is 0. The molecule has 2 aliphatic heterocycles. The van der Waals surface area contributed by atoms with E-state index in [4.69, 9.17) is 9.47 Å². The van der Waals surface area contributed by atoms with Crippen molar-refractivity contribution in [2.24, 2.45) is 0 Å². The van der Waals surface area contributed by atoms with E-state index in [-0.39, 0.29) is 0 Å². The van der Waals surface area contributed by atoms with E-state index in [1.807, 2.05) is 30.3 Å². The fraction of sp³-hybridized carbons (Fsp3) is 0.522. The van der Waals surface area contributed by atoms with Gasteiger partial charge in [0, 0.05) is 24.3 Å². The van der Waals surface area contributed by atoms with Crippen molar-refractivity contribution in [3.63, 3.8) is 0 Å². The monoisotopic (exact) mass is 381 g/mol. The van der Waals surface area contributed by atoms with Gasteiger partial charge in [0.1, 0.15) is 0 Å². The first kappa shape index (κ1) is 19.2. The summed E-state index contributed by atoms with van der Waals surface area (Å²) in [6.45, 7) is 5.09. The van der Waals surface area contributed by atoms with E-state index in [1.165, 1.54) is 38.8 Å². The van der Waals surface area contributed by atoms with Crippen molar-refractivity contribution in [1.82, 2.24) is 14.8 Å². The van der Waals surface area contributed by atoms with Crippen LogP contribution in [0.1, 0.15) is 37.7 Å². The van der Waals surface area contributed by atoms with Crippen LogP contribution in [0, 0.1) is 0 Å². The zero-order valence-corrected chi connectivity index (χ0v) is 16.8. The fourth-order valence-corrected chi connectivity index (χ4v) is 4.14. The van der Waals surface area contributed by atoms with E-state index in [1.54, 1.807) is 6.20 Å². The van der Waals surface area contributed by atoms with Crippen LogP contribution >= 0.6 is 0 Å². The molecule has 0 bridgehead atoms. The maximum atomic E-state index is 6.24. The number of pyridine rings is 1. The van der Waals surface area contributed by atoms with Gasteiger partial charge in [-0.1, -0.05) is 18.2 Å². The van der Waals surface area contributed by atoms with E-state index in [0.29, 0.717) is 11.9 Å². The standard InChI is InChI=1S/C23H31N3O2/c1-25-15-11-20(12-16-25)26-14-5-2-6-17-27-21-9-3-4-10-22(21)28-23-19(18-26)8-7-13-24-23/h3-4,7-10,13,20H,2,5-6,11-12,14-18H2,1H3. The summed E-state index contributed by atoms with van der Waals surface area (Å²) in [5.74, 6) is 2.23. The second-order valence-electron chi connectivity index (χ2n) is 7.93. The number of piperidine rings is 1. The summed E-state index contributed by atoms with van der Waals surface area (Å²) in [6.07, 6.45) is 7.73. The van der Waals surface area contributed by atoms with Crippen molar-refractivity contribution >= 4 is 0 Å². The Bertz CT molecular complexity index is 759. The molecule has 3 heterocycles. The predicted octanol–water partition coefficient (Wildman–Crippen LogP) is 4.33. The summed E-state index contributed by atoms with van der Waals surface area (Å²) in [7, 11) is 2.22. The van der Waals surface area contributed by atoms with E-state index in [2.05, 4.69) is 27.9 Å². The van der Waals surface area contributed by atoms with E-state index < -0.39 is 0 Å². The van der Waals surface area contributed by atoms with Crippen LogP contribution in [0.25, 0.3) is 0 Å². The molecule has 1 aromatic carbocycles. The van der Waals surface area contributed by atoms with Gasteiger partial charge in [-0.25, -0.2) is 4.98 Å². The number of fused-ring (bicyclic) bond motifs is 2. The zero-order valence-electron chi connectivity index (χ0n) is 16.8. The highest BCUT2D eigenvalue weighted by molar-refractivity contribution is 5.42. The molecule has 2 aromatic rings. The summed E-state index contributed by atoms with van der Waals surface area (Å²) in [5.41, 5.74) is 1.15. The molecule has 0 saturated carbocycles. The van der Waals surface area contributed by atoms with Gasteiger partial charge in [-0.05, 0) is 77.0 Å². The van der Waals surface area contributed by atoms with Crippen LogP contribution in [-0.2, 0) is 6.54 Å². The van der Waals surface area contributed by atoms with Gasteiger partial charge < -0.3 is 14.4 Å². The molecule has 0 atom stereocenters. The number of aromatic nitrogens is 1. The molecule has 0 amide bonds. The van der Waals surface area contributed by atoms with Crippen LogP contribution in [0.3, 0.4) is 0 Å². The van der Waals surface area contributed by atoms with Gasteiger partial charge in [0.05, 0.1) is 6.61 Å². The Hall–Kier alpha value is -2.11. The molecule has 2 aliphatic rings. The Labute approximate surface area is 168 Å². The second kappa shape index (κ2) is 9.39. The SMILES string of the molecule is CN1CCC(N2CCCCCOc3ccccc3Oc3ncccc3C2)CC1. The first-order valence-electron chi connectivity index (χ1n) is 10.6. The number of ether oxygens (including phenoxy) is 2. The molecule has 0 radical (unpaired) electrons. The molecule has 150 valence electrons. The molecule has 0 unspecified atom stereocenters. The van der Waals surface area contributed by atoms with Gasteiger partial charge in [0.15, 0.2) is 11.5 Å². The molecule has 1 saturated heterocycles. The average molecular weight is 382 g/mol. The van der Waals surface area contributed by atoms with Gasteiger partial charge in [-0.15, -0.1) is 0 Å². The molecule has 5 nitrogen and oxygen atoms in total. The number of hydrogen-bond acceptors (Lipinski definition) is 5. The molecular formula is C23H31N3O2. The largest absolute Gasteiger partial charge is 0.490 e. The van der Waals surface area contributed by atoms with Crippen molar-refractivity contribution in [2.75, 3.05) is 33.3 Å². The number of hydrogen-bond donors (Lipinski definition) is 0. The third-order valence-corrected chi connectivity index (χ3v) is 5.83. The molecule has 0 aliphatic carbocycles. The highest BCUT2D eigenvalue weighted by atomic mass is 16.5. The molecule has 5 heteroatoms. The number of rotatable bonds is 1. The van der Waals surface area contributed by atoms with Crippen LogP contribution in [0.5, 0.6) is 17.4 Å². The van der Waals surface area contributed by atoms with Gasteiger partial charge >= 0.3 is 0 Å². The number of para-hydroxylation sites is 2. The Morgan fingerprint density at radius 3 is 2.61 bits per heavy atom. The van der Waals surface area contributed by atoms with E-state index in [9.17, 15) is 0 Å². The molecule has 1 aromatic heterocycles. The first-order valence-corrected chi connectivity index (χ1v) is 10.6. The lowest BCUT2D eigenvalue weighted by atomic mass is 10.0. The molecule has 1 fully saturated rings. The summed E-state index contributed by atoms with van der Waals surface area (Å²) < 4.78 is 12.2. The number of likely N-dealkylation sites (tertiary alicyclic amines) is 1. The highest BCUT2D eigenvalue weighted by Gasteiger charge is 2.24. The van der Waals surface area contributed by atoms with Crippen LogP contribution in [-0.4, -0.2) is 54.1 Å². The highest BCUT2D eigenvalue weighted by Crippen LogP contribution is 2.33. The maximum absolute atomic E-state index is 6.24. The quantitative estimate of drug-likeness (QED) is 0.735.